The van der Waals surface area contributed by atoms with Crippen LogP contribution in [0.1, 0.15) is 13.3 Å². The van der Waals surface area contributed by atoms with E-state index in [2.05, 4.69) is 30.1 Å². The number of rotatable bonds is 4. The third-order valence-corrected chi connectivity index (χ3v) is 3.67. The molecule has 0 amide bonds. The van der Waals surface area contributed by atoms with E-state index in [1.807, 2.05) is 11.8 Å². The molecule has 0 bridgehead atoms. The molecule has 3 heteroatoms. The molecule has 2 atom stereocenters. The SMILES string of the molecule is C#CC(NCCC)C1CSCCN1C. The van der Waals surface area contributed by atoms with Gasteiger partial charge in [-0.2, -0.15) is 11.8 Å². The van der Waals surface area contributed by atoms with E-state index in [9.17, 15) is 0 Å². The zero-order valence-electron chi connectivity index (χ0n) is 9.12. The van der Waals surface area contributed by atoms with Crippen molar-refractivity contribution in [1.29, 1.82) is 0 Å². The average Bonchev–Trinajstić information content (AvgIpc) is 2.21. The van der Waals surface area contributed by atoms with Gasteiger partial charge in [0.2, 0.25) is 0 Å². The predicted octanol–water partition coefficient (Wildman–Crippen LogP) is 1.03. The van der Waals surface area contributed by atoms with Gasteiger partial charge in [-0.15, -0.1) is 6.42 Å². The molecule has 1 aliphatic rings. The highest BCUT2D eigenvalue weighted by Crippen LogP contribution is 2.17. The second kappa shape index (κ2) is 6.34. The summed E-state index contributed by atoms with van der Waals surface area (Å²) < 4.78 is 0. The second-order valence-electron chi connectivity index (χ2n) is 3.72. The Labute approximate surface area is 91.8 Å². The van der Waals surface area contributed by atoms with Gasteiger partial charge in [-0.3, -0.25) is 4.90 Å². The molecule has 0 spiro atoms. The Morgan fingerprint density at radius 2 is 2.50 bits per heavy atom. The molecule has 1 N–H and O–H groups in total. The first kappa shape index (κ1) is 11.9. The summed E-state index contributed by atoms with van der Waals surface area (Å²) in [6.45, 7) is 4.34. The summed E-state index contributed by atoms with van der Waals surface area (Å²) in [6, 6.07) is 0.720. The Hall–Kier alpha value is -0.170. The van der Waals surface area contributed by atoms with E-state index in [1.165, 1.54) is 5.75 Å². The molecule has 14 heavy (non-hydrogen) atoms. The number of thioether (sulfide) groups is 1. The summed E-state index contributed by atoms with van der Waals surface area (Å²) in [5.74, 6) is 5.26. The van der Waals surface area contributed by atoms with Crippen LogP contribution in [0, 0.1) is 12.3 Å². The molecule has 1 saturated heterocycles. The van der Waals surface area contributed by atoms with Crippen LogP contribution >= 0.6 is 11.8 Å². The quantitative estimate of drug-likeness (QED) is 0.701. The van der Waals surface area contributed by atoms with Crippen LogP contribution in [-0.4, -0.2) is 48.6 Å². The van der Waals surface area contributed by atoms with Crippen LogP contribution in [0.4, 0.5) is 0 Å². The van der Waals surface area contributed by atoms with Crippen molar-refractivity contribution in [2.75, 3.05) is 31.6 Å². The molecule has 1 rings (SSSR count). The largest absolute Gasteiger partial charge is 0.302 e. The molecule has 1 aliphatic heterocycles. The molecule has 2 nitrogen and oxygen atoms in total. The third-order valence-electron chi connectivity index (χ3n) is 2.62. The van der Waals surface area contributed by atoms with Crippen molar-refractivity contribution in [3.63, 3.8) is 0 Å². The number of hydrogen-bond acceptors (Lipinski definition) is 3. The highest BCUT2D eigenvalue weighted by molar-refractivity contribution is 7.99. The van der Waals surface area contributed by atoms with Crippen molar-refractivity contribution in [3.8, 4) is 12.3 Å². The van der Waals surface area contributed by atoms with E-state index in [0.717, 1.165) is 25.3 Å². The number of nitrogens with one attached hydrogen (secondary N) is 1. The van der Waals surface area contributed by atoms with Gasteiger partial charge < -0.3 is 5.32 Å². The summed E-state index contributed by atoms with van der Waals surface area (Å²) in [5.41, 5.74) is 0. The zero-order valence-corrected chi connectivity index (χ0v) is 9.94. The summed E-state index contributed by atoms with van der Waals surface area (Å²) in [4.78, 5) is 2.38. The maximum atomic E-state index is 5.56. The van der Waals surface area contributed by atoms with E-state index < -0.39 is 0 Å². The first-order valence-corrected chi connectivity index (χ1v) is 6.42. The lowest BCUT2D eigenvalue weighted by Crippen LogP contribution is -2.52. The van der Waals surface area contributed by atoms with Gasteiger partial charge >= 0.3 is 0 Å². The Bertz CT molecular complexity index is 200. The standard InChI is InChI=1S/C11H20N2S/c1-4-6-12-10(5-2)11-9-14-8-7-13(11)3/h2,10-12H,4,6-9H2,1,3H3. The minimum absolute atomic E-state index is 0.216. The van der Waals surface area contributed by atoms with Crippen molar-refractivity contribution in [2.24, 2.45) is 0 Å². The zero-order chi connectivity index (χ0) is 10.4. The first-order valence-electron chi connectivity index (χ1n) is 5.27. The second-order valence-corrected chi connectivity index (χ2v) is 4.87. The summed E-state index contributed by atoms with van der Waals surface area (Å²) in [7, 11) is 2.17. The van der Waals surface area contributed by atoms with Crippen LogP contribution in [-0.2, 0) is 0 Å². The molecule has 2 unspecified atom stereocenters. The van der Waals surface area contributed by atoms with Gasteiger partial charge in [-0.25, -0.2) is 0 Å². The lowest BCUT2D eigenvalue weighted by atomic mass is 10.1. The normalized spacial score (nSPS) is 25.6. The summed E-state index contributed by atoms with van der Waals surface area (Å²) in [6.07, 6.45) is 6.70. The smallest absolute Gasteiger partial charge is 0.0852 e. The van der Waals surface area contributed by atoms with Gasteiger partial charge in [0.05, 0.1) is 6.04 Å². The van der Waals surface area contributed by atoms with Crippen molar-refractivity contribution >= 4 is 11.8 Å². The fourth-order valence-electron chi connectivity index (χ4n) is 1.66. The fraction of sp³-hybridized carbons (Fsp3) is 0.818. The van der Waals surface area contributed by atoms with Gasteiger partial charge in [-0.1, -0.05) is 12.8 Å². The molecule has 0 aromatic rings. The van der Waals surface area contributed by atoms with Crippen LogP contribution in [0.5, 0.6) is 0 Å². The molecule has 0 aromatic heterocycles. The Balaban J connectivity index is 2.45. The van der Waals surface area contributed by atoms with Crippen LogP contribution in [0.3, 0.4) is 0 Å². The van der Waals surface area contributed by atoms with Crippen LogP contribution < -0.4 is 5.32 Å². The number of likely N-dealkylation sites (N-methyl/N-ethyl adjacent to an activating group) is 1. The van der Waals surface area contributed by atoms with Gasteiger partial charge in [0.1, 0.15) is 0 Å². The van der Waals surface area contributed by atoms with Gasteiger partial charge in [-0.05, 0) is 20.0 Å². The van der Waals surface area contributed by atoms with E-state index in [-0.39, 0.29) is 6.04 Å². The fourth-order valence-corrected chi connectivity index (χ4v) is 2.93. The monoisotopic (exact) mass is 212 g/mol. The Morgan fingerprint density at radius 3 is 3.07 bits per heavy atom. The molecule has 0 saturated carbocycles. The minimum atomic E-state index is 0.216. The molecule has 80 valence electrons. The number of nitrogens with zero attached hydrogens (tertiary/aromatic N) is 1. The van der Waals surface area contributed by atoms with E-state index in [4.69, 9.17) is 6.42 Å². The molecule has 0 aliphatic carbocycles. The van der Waals surface area contributed by atoms with Crippen molar-refractivity contribution in [2.45, 2.75) is 25.4 Å². The molecule has 1 fully saturated rings. The lowest BCUT2D eigenvalue weighted by Gasteiger charge is -2.35. The molecular formula is C11H20N2S. The third kappa shape index (κ3) is 3.20. The van der Waals surface area contributed by atoms with Crippen LogP contribution in [0.2, 0.25) is 0 Å². The Kier molecular flexibility index (Phi) is 5.39. The maximum Gasteiger partial charge on any atom is 0.0852 e. The predicted molar refractivity (Wildman–Crippen MR) is 64.7 cm³/mol. The molecular weight excluding hydrogens is 192 g/mol. The highest BCUT2D eigenvalue weighted by Gasteiger charge is 2.25. The first-order chi connectivity index (χ1) is 6.79. The van der Waals surface area contributed by atoms with Gasteiger partial charge in [0.25, 0.3) is 0 Å². The lowest BCUT2D eigenvalue weighted by molar-refractivity contribution is 0.239. The molecule has 1 heterocycles. The van der Waals surface area contributed by atoms with Crippen LogP contribution in [0.25, 0.3) is 0 Å². The van der Waals surface area contributed by atoms with Crippen molar-refractivity contribution < 1.29 is 0 Å². The summed E-state index contributed by atoms with van der Waals surface area (Å²) in [5, 5.41) is 3.43. The van der Waals surface area contributed by atoms with Gasteiger partial charge in [0, 0.05) is 24.1 Å². The van der Waals surface area contributed by atoms with Crippen LogP contribution in [0.15, 0.2) is 0 Å². The van der Waals surface area contributed by atoms with Crippen molar-refractivity contribution in [3.05, 3.63) is 0 Å². The molecule has 0 aromatic carbocycles. The molecule has 0 radical (unpaired) electrons. The van der Waals surface area contributed by atoms with Crippen molar-refractivity contribution in [1.82, 2.24) is 10.2 Å². The number of hydrogen-bond donors (Lipinski definition) is 1. The highest BCUT2D eigenvalue weighted by atomic mass is 32.2. The van der Waals surface area contributed by atoms with E-state index in [1.54, 1.807) is 0 Å². The maximum absolute atomic E-state index is 5.56. The average molecular weight is 212 g/mol. The Morgan fingerprint density at radius 1 is 1.71 bits per heavy atom. The van der Waals surface area contributed by atoms with E-state index in [0.29, 0.717) is 6.04 Å². The topological polar surface area (TPSA) is 15.3 Å². The minimum Gasteiger partial charge on any atom is -0.302 e. The van der Waals surface area contributed by atoms with Gasteiger partial charge in [0.15, 0.2) is 0 Å². The summed E-state index contributed by atoms with van der Waals surface area (Å²) >= 11 is 2.01. The van der Waals surface area contributed by atoms with E-state index >= 15 is 0 Å². The number of terminal acetylenes is 1.